The number of fused-ring (bicyclic) bond motifs is 3. The number of rotatable bonds is 15. The lowest BCUT2D eigenvalue weighted by molar-refractivity contribution is -0.389. The third kappa shape index (κ3) is 9.68. The Labute approximate surface area is 342 Å². The summed E-state index contributed by atoms with van der Waals surface area (Å²) in [5, 5.41) is 33.7. The van der Waals surface area contributed by atoms with Crippen LogP contribution in [-0.2, 0) is 49.5 Å². The van der Waals surface area contributed by atoms with Crippen LogP contribution in [0, 0.1) is 23.7 Å². The van der Waals surface area contributed by atoms with Gasteiger partial charge >= 0.3 is 5.97 Å². The average molecular weight is 859 g/mol. The molecule has 14 heteroatoms. The van der Waals surface area contributed by atoms with Crippen molar-refractivity contribution in [1.82, 2.24) is 4.90 Å². The van der Waals surface area contributed by atoms with Crippen LogP contribution in [-0.4, -0.2) is 125 Å². The SMILES string of the molecule is CC[C@@H](O)[C@@](C)(O)[C@@H]1OC(=O)[C@H](C)[C@@H](O[C@H]2CC3(OC)O[C@H]3C(C)O2)[C@H](C)[C@@H](OOC(C)CC(C(C)O)N(C)Cc2ccc(Br)cc2)[C@@]2(C)CC(C)C(O2)[C@@H]1C. The van der Waals surface area contributed by atoms with Crippen LogP contribution in [0.1, 0.15) is 100 Å². The second-order valence-corrected chi connectivity index (χ2v) is 18.6. The van der Waals surface area contributed by atoms with E-state index in [-0.39, 0.29) is 30.6 Å². The highest BCUT2D eigenvalue weighted by Gasteiger charge is 2.66. The molecule has 13 nitrogen and oxygen atoms in total. The van der Waals surface area contributed by atoms with Gasteiger partial charge in [-0.3, -0.25) is 9.69 Å². The largest absolute Gasteiger partial charge is 0.459 e. The molecule has 5 rings (SSSR count). The number of hydrogen-bond donors (Lipinski definition) is 3. The number of methoxy groups -OCH3 is 1. The second kappa shape index (κ2) is 18.1. The lowest BCUT2D eigenvalue weighted by atomic mass is 9.76. The Morgan fingerprint density at radius 2 is 1.71 bits per heavy atom. The fourth-order valence-corrected chi connectivity index (χ4v) is 9.99. The van der Waals surface area contributed by atoms with E-state index in [0.29, 0.717) is 25.8 Å². The Balaban J connectivity index is 1.45. The van der Waals surface area contributed by atoms with Gasteiger partial charge in [-0.2, -0.15) is 0 Å². The molecule has 1 aromatic rings. The summed E-state index contributed by atoms with van der Waals surface area (Å²) in [4.78, 5) is 29.3. The molecule has 4 aliphatic heterocycles. The van der Waals surface area contributed by atoms with Gasteiger partial charge in [0, 0.05) is 36.0 Å². The number of aliphatic hydroxyl groups excluding tert-OH is 2. The van der Waals surface area contributed by atoms with Crippen molar-refractivity contribution in [1.29, 1.82) is 0 Å². The number of hydrogen-bond acceptors (Lipinski definition) is 13. The second-order valence-electron chi connectivity index (χ2n) is 17.7. The van der Waals surface area contributed by atoms with Crippen LogP contribution in [0.3, 0.4) is 0 Å². The van der Waals surface area contributed by atoms with Crippen LogP contribution in [0.5, 0.6) is 0 Å². The van der Waals surface area contributed by atoms with Gasteiger partial charge in [-0.05, 0) is 91.5 Å². The summed E-state index contributed by atoms with van der Waals surface area (Å²) in [6.07, 6.45) is -5.15. The van der Waals surface area contributed by atoms with Crippen molar-refractivity contribution in [2.45, 2.75) is 186 Å². The van der Waals surface area contributed by atoms with Crippen LogP contribution in [0.15, 0.2) is 28.7 Å². The predicted octanol–water partition coefficient (Wildman–Crippen LogP) is 5.53. The number of likely N-dealkylation sites (N-methyl/N-ethyl adjacent to an activating group) is 1. The smallest absolute Gasteiger partial charge is 0.311 e. The molecule has 7 unspecified atom stereocenters. The van der Waals surface area contributed by atoms with Crippen LogP contribution in [0.2, 0.25) is 0 Å². The Bertz CT molecular complexity index is 1450. The Morgan fingerprint density at radius 1 is 1.05 bits per heavy atom. The van der Waals surface area contributed by atoms with Gasteiger partial charge in [-0.1, -0.05) is 55.8 Å². The molecule has 0 amide bonds. The summed E-state index contributed by atoms with van der Waals surface area (Å²) >= 11 is 3.50. The molecule has 2 bridgehead atoms. The summed E-state index contributed by atoms with van der Waals surface area (Å²) in [5.74, 6) is -3.38. The topological polar surface area (TPSA) is 158 Å². The van der Waals surface area contributed by atoms with E-state index in [1.807, 2.05) is 53.8 Å². The molecular weight excluding hydrogens is 790 g/mol. The molecule has 1 aromatic carbocycles. The Hall–Kier alpha value is -1.27. The van der Waals surface area contributed by atoms with Crippen LogP contribution in [0.25, 0.3) is 0 Å². The van der Waals surface area contributed by atoms with Crippen LogP contribution in [0.4, 0.5) is 0 Å². The number of benzene rings is 1. The molecule has 3 N–H and O–H groups in total. The first kappa shape index (κ1) is 45.8. The number of ether oxygens (including phenoxy) is 6. The van der Waals surface area contributed by atoms with Gasteiger partial charge in [0.1, 0.15) is 23.9 Å². The van der Waals surface area contributed by atoms with Gasteiger partial charge < -0.3 is 43.7 Å². The van der Waals surface area contributed by atoms with E-state index >= 15 is 0 Å². The molecule has 56 heavy (non-hydrogen) atoms. The molecule has 4 aliphatic rings. The van der Waals surface area contributed by atoms with E-state index < -0.39 is 89.7 Å². The van der Waals surface area contributed by atoms with Crippen molar-refractivity contribution in [3.05, 3.63) is 34.3 Å². The van der Waals surface area contributed by atoms with Crippen molar-refractivity contribution in [2.24, 2.45) is 23.7 Å². The fraction of sp³-hybridized carbons (Fsp3) is 0.833. The van der Waals surface area contributed by atoms with E-state index in [1.165, 1.54) is 6.92 Å². The first-order valence-electron chi connectivity index (χ1n) is 20.4. The maximum atomic E-state index is 14.3. The number of epoxide rings is 1. The zero-order chi connectivity index (χ0) is 41.5. The Kier molecular flexibility index (Phi) is 14.8. The molecule has 4 fully saturated rings. The molecule has 18 atom stereocenters. The third-order valence-corrected chi connectivity index (χ3v) is 13.5. The van der Waals surface area contributed by atoms with Crippen molar-refractivity contribution in [2.75, 3.05) is 14.2 Å². The normalized spacial score (nSPS) is 40.8. The van der Waals surface area contributed by atoms with Crippen molar-refractivity contribution in [3.63, 3.8) is 0 Å². The van der Waals surface area contributed by atoms with E-state index in [4.69, 9.17) is 38.2 Å². The molecule has 0 radical (unpaired) electrons. The average Bonchev–Trinajstić information content (AvgIpc) is 3.80. The number of esters is 1. The number of aliphatic hydroxyl groups is 3. The summed E-state index contributed by atoms with van der Waals surface area (Å²) < 4.78 is 39.0. The zero-order valence-corrected chi connectivity index (χ0v) is 36.9. The standard InChI is InChI=1S/C42H68BrNO12/c1-13-32(46)41(10,48)37-24(4)34-22(2)19-40(9,53-34)36(56-55-23(3)18-31(27(7)45)44(11)21-29-14-16-30(43)17-15-29)25(5)35(26(6)39(47)52-37)51-33-20-42(49-12)38(54-42)28(8)50-33/h14-17,22-28,31-38,45-46,48H,13,18-21H2,1-12H3/t22?,23?,24-,25-,26+,27?,28?,31?,32+,33-,34?,35-,36+,37+,38-,40+,41+,42?/m0/s1. The molecule has 0 spiro atoms. The number of carbonyl (C=O) groups excluding carboxylic acids is 1. The molecule has 4 heterocycles. The molecular formula is C42H68BrNO12. The van der Waals surface area contributed by atoms with Crippen LogP contribution < -0.4 is 0 Å². The van der Waals surface area contributed by atoms with Crippen molar-refractivity contribution < 1.29 is 58.3 Å². The summed E-state index contributed by atoms with van der Waals surface area (Å²) in [6, 6.07) is 7.87. The van der Waals surface area contributed by atoms with Gasteiger partial charge in [0.15, 0.2) is 6.29 Å². The Morgan fingerprint density at radius 3 is 2.32 bits per heavy atom. The minimum absolute atomic E-state index is 0.0439. The minimum Gasteiger partial charge on any atom is -0.459 e. The maximum absolute atomic E-state index is 14.3. The minimum atomic E-state index is -1.77. The molecule has 0 aromatic heterocycles. The molecule has 320 valence electrons. The third-order valence-electron chi connectivity index (χ3n) is 13.0. The monoisotopic (exact) mass is 857 g/mol. The first-order chi connectivity index (χ1) is 26.2. The number of carbonyl (C=O) groups is 1. The van der Waals surface area contributed by atoms with Gasteiger partial charge in [0.2, 0.25) is 5.79 Å². The lowest BCUT2D eigenvalue weighted by Crippen LogP contribution is -2.57. The van der Waals surface area contributed by atoms with Crippen molar-refractivity contribution in [3.8, 4) is 0 Å². The van der Waals surface area contributed by atoms with E-state index in [9.17, 15) is 20.1 Å². The summed E-state index contributed by atoms with van der Waals surface area (Å²) in [5.41, 5.74) is -1.59. The van der Waals surface area contributed by atoms with E-state index in [0.717, 1.165) is 10.0 Å². The molecule has 0 saturated carbocycles. The highest BCUT2D eigenvalue weighted by molar-refractivity contribution is 9.10. The van der Waals surface area contributed by atoms with Gasteiger partial charge in [0.05, 0.1) is 54.6 Å². The summed E-state index contributed by atoms with van der Waals surface area (Å²) in [6.45, 7) is 19.2. The molecule has 4 saturated heterocycles. The lowest BCUT2D eigenvalue weighted by Gasteiger charge is -2.42. The predicted molar refractivity (Wildman–Crippen MR) is 211 cm³/mol. The highest BCUT2D eigenvalue weighted by Crippen LogP contribution is 2.51. The first-order valence-corrected chi connectivity index (χ1v) is 21.2. The number of cyclic esters (lactones) is 1. The zero-order valence-electron chi connectivity index (χ0n) is 35.3. The number of nitrogens with zero attached hydrogens (tertiary/aromatic N) is 1. The quantitative estimate of drug-likeness (QED) is 0.0877. The van der Waals surface area contributed by atoms with Gasteiger partial charge in [-0.15, -0.1) is 0 Å². The number of halogens is 1. The molecule has 0 aliphatic carbocycles. The van der Waals surface area contributed by atoms with Crippen molar-refractivity contribution >= 4 is 21.9 Å². The van der Waals surface area contributed by atoms with Gasteiger partial charge in [0.25, 0.3) is 0 Å². The summed E-state index contributed by atoms with van der Waals surface area (Å²) in [7, 11) is 3.58. The highest BCUT2D eigenvalue weighted by atomic mass is 79.9. The van der Waals surface area contributed by atoms with E-state index in [2.05, 4.69) is 39.9 Å². The van der Waals surface area contributed by atoms with E-state index in [1.54, 1.807) is 27.9 Å². The maximum Gasteiger partial charge on any atom is 0.311 e. The van der Waals surface area contributed by atoms with Crippen LogP contribution >= 0.6 is 15.9 Å². The van der Waals surface area contributed by atoms with Gasteiger partial charge in [-0.25, -0.2) is 9.78 Å². The fourth-order valence-electron chi connectivity index (χ4n) is 9.72.